The maximum Gasteiger partial charge on any atom is 0.252 e. The monoisotopic (exact) mass is 346 g/mol. The third-order valence-corrected chi connectivity index (χ3v) is 4.96. The molecule has 0 spiro atoms. The molecule has 3 aromatic heterocycles. The zero-order chi connectivity index (χ0) is 17.5. The molecule has 2 atom stereocenters. The Morgan fingerprint density at radius 1 is 1.15 bits per heavy atom. The molecule has 26 heavy (non-hydrogen) atoms. The molecule has 0 saturated heterocycles. The Morgan fingerprint density at radius 3 is 2.73 bits per heavy atom. The van der Waals surface area contributed by atoms with Crippen molar-refractivity contribution in [3.63, 3.8) is 0 Å². The lowest BCUT2D eigenvalue weighted by atomic mass is 10.1. The molecule has 0 unspecified atom stereocenters. The van der Waals surface area contributed by atoms with Gasteiger partial charge in [-0.15, -0.1) is 0 Å². The minimum Gasteiger partial charge on any atom is -0.310 e. The van der Waals surface area contributed by atoms with Crippen LogP contribution in [0.5, 0.6) is 0 Å². The average molecular weight is 346 g/mol. The molecule has 3 aromatic rings. The van der Waals surface area contributed by atoms with Gasteiger partial charge in [0.25, 0.3) is 5.95 Å². The predicted molar refractivity (Wildman–Crippen MR) is 94.8 cm³/mol. The number of aromatic nitrogens is 5. The second kappa shape index (κ2) is 6.01. The zero-order valence-electron chi connectivity index (χ0n) is 14.1. The fraction of sp³-hybridized carbons (Fsp3) is 0.316. The van der Waals surface area contributed by atoms with Crippen LogP contribution in [0.4, 0.5) is 5.82 Å². The molecular weight excluding hydrogens is 328 g/mol. The van der Waals surface area contributed by atoms with Gasteiger partial charge < -0.3 is 5.32 Å². The van der Waals surface area contributed by atoms with Gasteiger partial charge in [0.15, 0.2) is 0 Å². The third kappa shape index (κ3) is 2.85. The number of anilines is 1. The Labute approximate surface area is 150 Å². The molecule has 7 heteroatoms. The van der Waals surface area contributed by atoms with Gasteiger partial charge in [0.05, 0.1) is 5.69 Å². The van der Waals surface area contributed by atoms with E-state index < -0.39 is 0 Å². The predicted octanol–water partition coefficient (Wildman–Crippen LogP) is 2.68. The van der Waals surface area contributed by atoms with Crippen LogP contribution in [0.1, 0.15) is 42.4 Å². The number of carbonyl (C=O) groups excluding carboxylic acids is 1. The quantitative estimate of drug-likeness (QED) is 0.768. The SMILES string of the molecule is O=C(Nc1cc(C2CC2)nn1-c1ncccn1)[C@H]1C[C@@H]1c1cccnc1. The lowest BCUT2D eigenvalue weighted by Crippen LogP contribution is -2.18. The van der Waals surface area contributed by atoms with Crippen LogP contribution in [-0.2, 0) is 4.79 Å². The molecular formula is C19H18N6O. The van der Waals surface area contributed by atoms with Gasteiger partial charge in [0.1, 0.15) is 5.82 Å². The summed E-state index contributed by atoms with van der Waals surface area (Å²) in [6.07, 6.45) is 10.1. The first-order valence-corrected chi connectivity index (χ1v) is 8.88. The summed E-state index contributed by atoms with van der Waals surface area (Å²) < 4.78 is 1.63. The first-order chi connectivity index (χ1) is 12.8. The summed E-state index contributed by atoms with van der Waals surface area (Å²) in [6.45, 7) is 0. The van der Waals surface area contributed by atoms with Gasteiger partial charge in [0, 0.05) is 42.7 Å². The number of hydrogen-bond donors (Lipinski definition) is 1. The summed E-state index contributed by atoms with van der Waals surface area (Å²) in [5.74, 6) is 1.83. The highest BCUT2D eigenvalue weighted by atomic mass is 16.2. The first-order valence-electron chi connectivity index (χ1n) is 8.88. The summed E-state index contributed by atoms with van der Waals surface area (Å²) in [5.41, 5.74) is 2.11. The van der Waals surface area contributed by atoms with E-state index in [-0.39, 0.29) is 17.7 Å². The number of amides is 1. The van der Waals surface area contributed by atoms with Crippen LogP contribution in [-0.4, -0.2) is 30.6 Å². The van der Waals surface area contributed by atoms with Gasteiger partial charge in [-0.3, -0.25) is 9.78 Å². The molecule has 2 saturated carbocycles. The fourth-order valence-corrected chi connectivity index (χ4v) is 3.29. The molecule has 0 aliphatic heterocycles. The largest absolute Gasteiger partial charge is 0.310 e. The number of rotatable bonds is 5. The lowest BCUT2D eigenvalue weighted by Gasteiger charge is -2.07. The van der Waals surface area contributed by atoms with Crippen molar-refractivity contribution in [3.8, 4) is 5.95 Å². The minimum absolute atomic E-state index is 0.0123. The fourth-order valence-electron chi connectivity index (χ4n) is 3.29. The highest BCUT2D eigenvalue weighted by molar-refractivity contribution is 5.94. The van der Waals surface area contributed by atoms with Crippen LogP contribution in [0.2, 0.25) is 0 Å². The van der Waals surface area contributed by atoms with Gasteiger partial charge in [-0.2, -0.15) is 9.78 Å². The molecule has 0 bridgehead atoms. The van der Waals surface area contributed by atoms with E-state index in [4.69, 9.17) is 0 Å². The van der Waals surface area contributed by atoms with Crippen molar-refractivity contribution >= 4 is 11.7 Å². The van der Waals surface area contributed by atoms with Gasteiger partial charge in [0.2, 0.25) is 5.91 Å². The van der Waals surface area contributed by atoms with Crippen LogP contribution in [0.3, 0.4) is 0 Å². The van der Waals surface area contributed by atoms with Crippen LogP contribution in [0.15, 0.2) is 49.1 Å². The van der Waals surface area contributed by atoms with Crippen molar-refractivity contribution in [1.82, 2.24) is 24.7 Å². The third-order valence-electron chi connectivity index (χ3n) is 4.96. The van der Waals surface area contributed by atoms with Crippen molar-refractivity contribution in [3.05, 3.63) is 60.3 Å². The number of hydrogen-bond acceptors (Lipinski definition) is 5. The number of nitrogens with zero attached hydrogens (tertiary/aromatic N) is 5. The van der Waals surface area contributed by atoms with Crippen LogP contribution in [0, 0.1) is 5.92 Å². The van der Waals surface area contributed by atoms with Gasteiger partial charge in [-0.1, -0.05) is 6.07 Å². The van der Waals surface area contributed by atoms with Crippen molar-refractivity contribution in [2.24, 2.45) is 5.92 Å². The van der Waals surface area contributed by atoms with Crippen molar-refractivity contribution in [1.29, 1.82) is 0 Å². The molecule has 1 amide bonds. The highest BCUT2D eigenvalue weighted by Crippen LogP contribution is 2.48. The molecule has 0 radical (unpaired) electrons. The van der Waals surface area contributed by atoms with Crippen LogP contribution >= 0.6 is 0 Å². The van der Waals surface area contributed by atoms with E-state index in [1.165, 1.54) is 0 Å². The highest BCUT2D eigenvalue weighted by Gasteiger charge is 2.44. The molecule has 2 aliphatic carbocycles. The molecule has 2 fully saturated rings. The Bertz CT molecular complexity index is 935. The molecule has 130 valence electrons. The first kappa shape index (κ1) is 15.2. The van der Waals surface area contributed by atoms with Gasteiger partial charge in [-0.25, -0.2) is 9.97 Å². The smallest absolute Gasteiger partial charge is 0.252 e. The Kier molecular flexibility index (Phi) is 3.51. The van der Waals surface area contributed by atoms with Crippen LogP contribution < -0.4 is 5.32 Å². The summed E-state index contributed by atoms with van der Waals surface area (Å²) in [5, 5.41) is 7.65. The lowest BCUT2D eigenvalue weighted by molar-refractivity contribution is -0.117. The summed E-state index contributed by atoms with van der Waals surface area (Å²) >= 11 is 0. The van der Waals surface area contributed by atoms with Crippen molar-refractivity contribution in [2.45, 2.75) is 31.1 Å². The normalized spacial score (nSPS) is 21.4. The second-order valence-corrected chi connectivity index (χ2v) is 6.91. The molecule has 3 heterocycles. The summed E-state index contributed by atoms with van der Waals surface area (Å²) in [4.78, 5) is 25.4. The second-order valence-electron chi connectivity index (χ2n) is 6.91. The van der Waals surface area contributed by atoms with E-state index in [1.54, 1.807) is 29.3 Å². The Hall–Kier alpha value is -3.09. The zero-order valence-corrected chi connectivity index (χ0v) is 14.1. The molecule has 2 aliphatic rings. The van der Waals surface area contributed by atoms with Gasteiger partial charge >= 0.3 is 0 Å². The van der Waals surface area contributed by atoms with E-state index >= 15 is 0 Å². The number of pyridine rings is 1. The van der Waals surface area contributed by atoms with Crippen molar-refractivity contribution in [2.75, 3.05) is 5.32 Å². The number of carbonyl (C=O) groups is 1. The summed E-state index contributed by atoms with van der Waals surface area (Å²) in [6, 6.07) is 7.65. The van der Waals surface area contributed by atoms with E-state index in [0.29, 0.717) is 17.7 Å². The Morgan fingerprint density at radius 2 is 2.00 bits per heavy atom. The van der Waals surface area contributed by atoms with Gasteiger partial charge in [-0.05, 0) is 42.9 Å². The van der Waals surface area contributed by atoms with Crippen LogP contribution in [0.25, 0.3) is 5.95 Å². The molecule has 5 rings (SSSR count). The molecule has 1 N–H and O–H groups in total. The maximum atomic E-state index is 12.7. The summed E-state index contributed by atoms with van der Waals surface area (Å²) in [7, 11) is 0. The van der Waals surface area contributed by atoms with Crippen molar-refractivity contribution < 1.29 is 4.79 Å². The topological polar surface area (TPSA) is 85.6 Å². The standard InChI is InChI=1S/C19H18N6O/c26-18(15-9-14(15)13-3-1-6-20-11-13)23-17-10-16(12-4-5-12)24-25(17)19-21-7-2-8-22-19/h1-3,6-8,10-12,14-15H,4-5,9H2,(H,23,26)/t14-,15+/m1/s1. The minimum atomic E-state index is -0.0244. The number of nitrogens with one attached hydrogen (secondary N) is 1. The van der Waals surface area contributed by atoms with E-state index in [9.17, 15) is 4.79 Å². The average Bonchev–Trinajstić information content (AvgIpc) is 3.60. The molecule has 0 aromatic carbocycles. The van der Waals surface area contributed by atoms with E-state index in [1.807, 2.05) is 24.4 Å². The Balaban J connectivity index is 1.38. The molecule has 7 nitrogen and oxygen atoms in total. The van der Waals surface area contributed by atoms with E-state index in [2.05, 4.69) is 25.4 Å². The van der Waals surface area contributed by atoms with E-state index in [0.717, 1.165) is 30.5 Å². The maximum absolute atomic E-state index is 12.7.